The number of amides is 1. The number of piperidine rings is 1. The van der Waals surface area contributed by atoms with E-state index in [-0.39, 0.29) is 11.8 Å². The molecule has 0 radical (unpaired) electrons. The molecule has 0 aromatic carbocycles. The van der Waals surface area contributed by atoms with Gasteiger partial charge in [-0.05, 0) is 63.5 Å². The molecular formula is C18H34N2O. The van der Waals surface area contributed by atoms with Crippen molar-refractivity contribution in [1.82, 2.24) is 10.2 Å². The van der Waals surface area contributed by atoms with Crippen LogP contribution in [-0.4, -0.2) is 36.5 Å². The molecule has 1 heterocycles. The van der Waals surface area contributed by atoms with Crippen LogP contribution in [-0.2, 0) is 4.79 Å². The third-order valence-electron chi connectivity index (χ3n) is 5.52. The topological polar surface area (TPSA) is 32.3 Å². The molecule has 0 bridgehead atoms. The number of hydrogen-bond acceptors (Lipinski definition) is 2. The molecule has 1 amide bonds. The van der Waals surface area contributed by atoms with Crippen molar-refractivity contribution in [3.8, 4) is 0 Å². The number of nitrogens with zero attached hydrogens (tertiary/aromatic N) is 1. The van der Waals surface area contributed by atoms with Crippen molar-refractivity contribution < 1.29 is 4.79 Å². The molecule has 0 unspecified atom stereocenters. The van der Waals surface area contributed by atoms with Gasteiger partial charge in [0, 0.05) is 18.5 Å². The molecular weight excluding hydrogens is 260 g/mol. The van der Waals surface area contributed by atoms with E-state index >= 15 is 0 Å². The number of rotatable bonds is 5. The van der Waals surface area contributed by atoms with Gasteiger partial charge in [0.15, 0.2) is 0 Å². The van der Waals surface area contributed by atoms with Crippen molar-refractivity contribution in [2.75, 3.05) is 19.6 Å². The van der Waals surface area contributed by atoms with Crippen molar-refractivity contribution in [3.63, 3.8) is 0 Å². The Hall–Kier alpha value is -0.570. The summed E-state index contributed by atoms with van der Waals surface area (Å²) in [6.07, 6.45) is 9.08. The Bertz CT molecular complexity index is 313. The predicted octanol–water partition coefficient (Wildman–Crippen LogP) is 3.44. The van der Waals surface area contributed by atoms with Gasteiger partial charge in [0.05, 0.1) is 0 Å². The van der Waals surface area contributed by atoms with Crippen molar-refractivity contribution in [1.29, 1.82) is 0 Å². The molecule has 3 nitrogen and oxygen atoms in total. The van der Waals surface area contributed by atoms with E-state index in [0.717, 1.165) is 11.8 Å². The molecule has 1 saturated carbocycles. The molecule has 0 aromatic rings. The fourth-order valence-electron chi connectivity index (χ4n) is 3.80. The highest BCUT2D eigenvalue weighted by atomic mass is 16.1. The standard InChI is InChI=1S/C18H34N2O/c1-4-15-9-11-20(12-10-15)13-16-5-7-17(8-6-16)19-18(21)14(2)3/h14-17H,4-13H2,1-3H3,(H,19,21). The van der Waals surface area contributed by atoms with E-state index in [4.69, 9.17) is 0 Å². The zero-order chi connectivity index (χ0) is 15.2. The van der Waals surface area contributed by atoms with Crippen LogP contribution in [0.4, 0.5) is 0 Å². The van der Waals surface area contributed by atoms with Crippen LogP contribution in [0.1, 0.15) is 65.7 Å². The monoisotopic (exact) mass is 294 g/mol. The molecule has 0 spiro atoms. The first-order valence-corrected chi connectivity index (χ1v) is 9.11. The Morgan fingerprint density at radius 3 is 2.19 bits per heavy atom. The zero-order valence-corrected chi connectivity index (χ0v) is 14.2. The van der Waals surface area contributed by atoms with E-state index in [1.54, 1.807) is 0 Å². The summed E-state index contributed by atoms with van der Waals surface area (Å²) in [5.41, 5.74) is 0. The van der Waals surface area contributed by atoms with Gasteiger partial charge in [-0.3, -0.25) is 4.79 Å². The average Bonchev–Trinajstić information content (AvgIpc) is 2.50. The Morgan fingerprint density at radius 2 is 1.67 bits per heavy atom. The van der Waals surface area contributed by atoms with Crippen LogP contribution in [0.25, 0.3) is 0 Å². The van der Waals surface area contributed by atoms with Crippen LogP contribution in [0.2, 0.25) is 0 Å². The van der Waals surface area contributed by atoms with Gasteiger partial charge in [0.1, 0.15) is 0 Å². The molecule has 3 heteroatoms. The Morgan fingerprint density at radius 1 is 1.05 bits per heavy atom. The molecule has 2 fully saturated rings. The Kier molecular flexibility index (Phi) is 6.53. The highest BCUT2D eigenvalue weighted by Gasteiger charge is 2.26. The van der Waals surface area contributed by atoms with Gasteiger partial charge in [-0.15, -0.1) is 0 Å². The number of carbonyl (C=O) groups is 1. The van der Waals surface area contributed by atoms with Crippen molar-refractivity contribution in [3.05, 3.63) is 0 Å². The van der Waals surface area contributed by atoms with E-state index < -0.39 is 0 Å². The molecule has 1 aliphatic heterocycles. The van der Waals surface area contributed by atoms with Gasteiger partial charge in [-0.1, -0.05) is 27.2 Å². The lowest BCUT2D eigenvalue weighted by molar-refractivity contribution is -0.125. The van der Waals surface area contributed by atoms with Gasteiger partial charge >= 0.3 is 0 Å². The van der Waals surface area contributed by atoms with Gasteiger partial charge in [0.25, 0.3) is 0 Å². The van der Waals surface area contributed by atoms with E-state index in [9.17, 15) is 4.79 Å². The van der Waals surface area contributed by atoms with Crippen LogP contribution in [0.5, 0.6) is 0 Å². The number of nitrogens with one attached hydrogen (secondary N) is 1. The van der Waals surface area contributed by atoms with Crippen molar-refractivity contribution in [2.45, 2.75) is 71.8 Å². The van der Waals surface area contributed by atoms with Crippen molar-refractivity contribution >= 4 is 5.91 Å². The van der Waals surface area contributed by atoms with E-state index in [1.807, 2.05) is 13.8 Å². The highest BCUT2D eigenvalue weighted by molar-refractivity contribution is 5.78. The van der Waals surface area contributed by atoms with Gasteiger partial charge in [-0.25, -0.2) is 0 Å². The second-order valence-electron chi connectivity index (χ2n) is 7.53. The van der Waals surface area contributed by atoms with Crippen LogP contribution >= 0.6 is 0 Å². The summed E-state index contributed by atoms with van der Waals surface area (Å²) < 4.78 is 0. The third-order valence-corrected chi connectivity index (χ3v) is 5.52. The largest absolute Gasteiger partial charge is 0.353 e. The minimum Gasteiger partial charge on any atom is -0.353 e. The summed E-state index contributed by atoms with van der Waals surface area (Å²) in [5, 5.41) is 3.20. The Balaban J connectivity index is 1.64. The number of likely N-dealkylation sites (tertiary alicyclic amines) is 1. The summed E-state index contributed by atoms with van der Waals surface area (Å²) in [6, 6.07) is 0.432. The fourth-order valence-corrected chi connectivity index (χ4v) is 3.80. The maximum Gasteiger partial charge on any atom is 0.222 e. The first-order chi connectivity index (χ1) is 10.1. The van der Waals surface area contributed by atoms with Crippen LogP contribution < -0.4 is 5.32 Å². The quantitative estimate of drug-likeness (QED) is 0.842. The van der Waals surface area contributed by atoms with Gasteiger partial charge < -0.3 is 10.2 Å². The van der Waals surface area contributed by atoms with E-state index in [2.05, 4.69) is 17.1 Å². The smallest absolute Gasteiger partial charge is 0.222 e. The maximum atomic E-state index is 11.7. The summed E-state index contributed by atoms with van der Waals surface area (Å²) in [6.45, 7) is 10.2. The third kappa shape index (κ3) is 5.28. The fraction of sp³-hybridized carbons (Fsp3) is 0.944. The van der Waals surface area contributed by atoms with Crippen LogP contribution in [0.15, 0.2) is 0 Å². The lowest BCUT2D eigenvalue weighted by atomic mass is 9.84. The van der Waals surface area contributed by atoms with Crippen LogP contribution in [0, 0.1) is 17.8 Å². The van der Waals surface area contributed by atoms with E-state index in [1.165, 1.54) is 64.6 Å². The van der Waals surface area contributed by atoms with Gasteiger partial charge in [-0.2, -0.15) is 0 Å². The molecule has 21 heavy (non-hydrogen) atoms. The molecule has 0 atom stereocenters. The molecule has 2 rings (SSSR count). The Labute approximate surface area is 130 Å². The summed E-state index contributed by atoms with van der Waals surface area (Å²) in [4.78, 5) is 14.4. The molecule has 0 aromatic heterocycles. The lowest BCUT2D eigenvalue weighted by Crippen LogP contribution is -2.42. The van der Waals surface area contributed by atoms with E-state index in [0.29, 0.717) is 6.04 Å². The summed E-state index contributed by atoms with van der Waals surface area (Å²) in [5.74, 6) is 2.17. The normalized spacial score (nSPS) is 28.8. The molecule has 122 valence electrons. The molecule has 1 saturated heterocycles. The second-order valence-corrected chi connectivity index (χ2v) is 7.53. The SMILES string of the molecule is CCC1CCN(CC2CCC(NC(=O)C(C)C)CC2)CC1. The second kappa shape index (κ2) is 8.17. The zero-order valence-electron chi connectivity index (χ0n) is 14.2. The number of hydrogen-bond donors (Lipinski definition) is 1. The molecule has 1 N–H and O–H groups in total. The molecule has 2 aliphatic rings. The first-order valence-electron chi connectivity index (χ1n) is 9.11. The number of carbonyl (C=O) groups excluding carboxylic acids is 1. The predicted molar refractivity (Wildman–Crippen MR) is 88.2 cm³/mol. The minimum absolute atomic E-state index is 0.114. The average molecular weight is 294 g/mol. The van der Waals surface area contributed by atoms with Crippen molar-refractivity contribution in [2.24, 2.45) is 17.8 Å². The summed E-state index contributed by atoms with van der Waals surface area (Å²) >= 11 is 0. The first kappa shape index (κ1) is 16.8. The highest BCUT2D eigenvalue weighted by Crippen LogP contribution is 2.27. The molecule has 1 aliphatic carbocycles. The minimum atomic E-state index is 0.114. The maximum absolute atomic E-state index is 11.7. The summed E-state index contributed by atoms with van der Waals surface area (Å²) in [7, 11) is 0. The van der Waals surface area contributed by atoms with Crippen LogP contribution in [0.3, 0.4) is 0 Å². The van der Waals surface area contributed by atoms with Gasteiger partial charge in [0.2, 0.25) is 5.91 Å². The lowest BCUT2D eigenvalue weighted by Gasteiger charge is -2.36.